The number of piperidine rings is 1. The van der Waals surface area contributed by atoms with Gasteiger partial charge in [-0.25, -0.2) is 0 Å². The zero-order chi connectivity index (χ0) is 14.5. The van der Waals surface area contributed by atoms with Crippen molar-refractivity contribution >= 4 is 11.6 Å². The van der Waals surface area contributed by atoms with Crippen molar-refractivity contribution in [2.24, 2.45) is 11.7 Å². The minimum Gasteiger partial charge on any atom is -0.396 e. The first-order valence-electron chi connectivity index (χ1n) is 7.47. The predicted molar refractivity (Wildman–Crippen MR) is 83.8 cm³/mol. The molecule has 3 atom stereocenters. The number of benzene rings is 1. The van der Waals surface area contributed by atoms with Crippen LogP contribution in [0.25, 0.3) is 0 Å². The summed E-state index contributed by atoms with van der Waals surface area (Å²) in [4.78, 5) is 2.47. The van der Waals surface area contributed by atoms with Crippen LogP contribution in [0, 0.1) is 5.92 Å². The third kappa shape index (κ3) is 3.95. The fourth-order valence-corrected chi connectivity index (χ4v) is 3.40. The monoisotopic (exact) mass is 296 g/mol. The van der Waals surface area contributed by atoms with Crippen molar-refractivity contribution in [3.63, 3.8) is 0 Å². The van der Waals surface area contributed by atoms with Crippen LogP contribution in [0.3, 0.4) is 0 Å². The summed E-state index contributed by atoms with van der Waals surface area (Å²) < 4.78 is 0. The van der Waals surface area contributed by atoms with Crippen LogP contribution < -0.4 is 5.73 Å². The van der Waals surface area contributed by atoms with Gasteiger partial charge in [0.25, 0.3) is 0 Å². The average molecular weight is 297 g/mol. The summed E-state index contributed by atoms with van der Waals surface area (Å²) >= 11 is 5.97. The van der Waals surface area contributed by atoms with E-state index >= 15 is 0 Å². The summed E-state index contributed by atoms with van der Waals surface area (Å²) in [6, 6.07) is 8.32. The molecule has 3 nitrogen and oxygen atoms in total. The zero-order valence-electron chi connectivity index (χ0n) is 12.1. The molecule has 0 saturated carbocycles. The first-order chi connectivity index (χ1) is 9.61. The quantitative estimate of drug-likeness (QED) is 0.878. The molecule has 0 spiro atoms. The smallest absolute Gasteiger partial charge is 0.0496 e. The predicted octanol–water partition coefficient (Wildman–Crippen LogP) is 2.82. The summed E-state index contributed by atoms with van der Waals surface area (Å²) in [6.07, 6.45) is 3.29. The van der Waals surface area contributed by atoms with E-state index in [2.05, 4.69) is 24.0 Å². The van der Waals surface area contributed by atoms with Gasteiger partial charge in [0.2, 0.25) is 0 Å². The fraction of sp³-hybridized carbons (Fsp3) is 0.625. The largest absolute Gasteiger partial charge is 0.396 e. The maximum Gasteiger partial charge on any atom is 0.0496 e. The lowest BCUT2D eigenvalue weighted by atomic mass is 9.91. The van der Waals surface area contributed by atoms with Crippen LogP contribution in [0.4, 0.5) is 0 Å². The van der Waals surface area contributed by atoms with Gasteiger partial charge in [-0.05, 0) is 56.3 Å². The maximum atomic E-state index is 9.14. The van der Waals surface area contributed by atoms with Crippen molar-refractivity contribution in [3.05, 3.63) is 34.9 Å². The lowest BCUT2D eigenvalue weighted by molar-refractivity contribution is 0.0967. The van der Waals surface area contributed by atoms with Gasteiger partial charge in [-0.3, -0.25) is 4.90 Å². The molecule has 4 heteroatoms. The first-order valence-corrected chi connectivity index (χ1v) is 7.85. The molecule has 0 aromatic heterocycles. The molecule has 0 amide bonds. The number of hydrogen-bond acceptors (Lipinski definition) is 3. The van der Waals surface area contributed by atoms with Gasteiger partial charge < -0.3 is 10.8 Å². The molecule has 0 radical (unpaired) electrons. The highest BCUT2D eigenvalue weighted by molar-refractivity contribution is 6.30. The van der Waals surface area contributed by atoms with Gasteiger partial charge in [-0.2, -0.15) is 0 Å². The molecule has 1 heterocycles. The molecular formula is C16H25ClN2O. The second-order valence-electron chi connectivity index (χ2n) is 5.87. The highest BCUT2D eigenvalue weighted by atomic mass is 35.5. The normalized spacial score (nSPS) is 23.5. The Morgan fingerprint density at radius 1 is 1.40 bits per heavy atom. The van der Waals surface area contributed by atoms with Crippen LogP contribution in [0.2, 0.25) is 5.02 Å². The van der Waals surface area contributed by atoms with E-state index < -0.39 is 0 Å². The number of halogens is 1. The molecule has 3 unspecified atom stereocenters. The summed E-state index contributed by atoms with van der Waals surface area (Å²) in [5.74, 6) is 0.585. The van der Waals surface area contributed by atoms with Crippen LogP contribution in [-0.4, -0.2) is 35.7 Å². The number of nitrogens with two attached hydrogens (primary N) is 1. The highest BCUT2D eigenvalue weighted by Crippen LogP contribution is 2.30. The van der Waals surface area contributed by atoms with E-state index in [1.807, 2.05) is 12.1 Å². The minimum atomic E-state index is 0.0732. The molecule has 3 N–H and O–H groups in total. The van der Waals surface area contributed by atoms with Crippen LogP contribution in [0.1, 0.15) is 37.8 Å². The highest BCUT2D eigenvalue weighted by Gasteiger charge is 2.28. The average Bonchev–Trinajstić information content (AvgIpc) is 2.42. The van der Waals surface area contributed by atoms with Crippen LogP contribution in [0.15, 0.2) is 24.3 Å². The van der Waals surface area contributed by atoms with Gasteiger partial charge in [0.15, 0.2) is 0 Å². The van der Waals surface area contributed by atoms with Gasteiger partial charge >= 0.3 is 0 Å². The molecule has 1 aliphatic heterocycles. The number of aliphatic hydroxyl groups excluding tert-OH is 1. The Morgan fingerprint density at radius 3 is 2.70 bits per heavy atom. The number of aliphatic hydroxyl groups is 1. The Bertz CT molecular complexity index is 405. The van der Waals surface area contributed by atoms with Gasteiger partial charge in [0.1, 0.15) is 0 Å². The number of likely N-dealkylation sites (tertiary alicyclic amines) is 1. The Balaban J connectivity index is 2.13. The topological polar surface area (TPSA) is 49.5 Å². The van der Waals surface area contributed by atoms with Crippen molar-refractivity contribution in [3.8, 4) is 0 Å². The molecule has 1 saturated heterocycles. The Hall–Kier alpha value is -0.610. The molecule has 0 bridgehead atoms. The van der Waals surface area contributed by atoms with Gasteiger partial charge in [-0.1, -0.05) is 23.7 Å². The van der Waals surface area contributed by atoms with Gasteiger partial charge in [0, 0.05) is 30.3 Å². The van der Waals surface area contributed by atoms with Crippen LogP contribution in [-0.2, 0) is 0 Å². The summed E-state index contributed by atoms with van der Waals surface area (Å²) in [6.45, 7) is 4.45. The zero-order valence-corrected chi connectivity index (χ0v) is 12.9. The van der Waals surface area contributed by atoms with Crippen molar-refractivity contribution in [1.82, 2.24) is 4.90 Å². The molecule has 1 aromatic rings. The molecular weight excluding hydrogens is 272 g/mol. The van der Waals surface area contributed by atoms with E-state index in [4.69, 9.17) is 22.4 Å². The molecule has 112 valence electrons. The van der Waals surface area contributed by atoms with Crippen LogP contribution >= 0.6 is 11.6 Å². The van der Waals surface area contributed by atoms with Crippen molar-refractivity contribution in [2.45, 2.75) is 38.3 Å². The van der Waals surface area contributed by atoms with Crippen molar-refractivity contribution in [1.29, 1.82) is 0 Å². The Morgan fingerprint density at radius 2 is 2.10 bits per heavy atom. The number of nitrogens with zero attached hydrogens (tertiary/aromatic N) is 1. The first kappa shape index (κ1) is 15.8. The SMILES string of the molecule is CC(N)C(c1ccc(Cl)cc1)N1CCCC(CCO)C1. The molecule has 1 aromatic carbocycles. The van der Waals surface area contributed by atoms with E-state index in [1.54, 1.807) is 0 Å². The minimum absolute atomic E-state index is 0.0732. The van der Waals surface area contributed by atoms with Crippen molar-refractivity contribution < 1.29 is 5.11 Å². The molecule has 1 aliphatic rings. The standard InChI is InChI=1S/C16H25ClN2O/c1-12(18)16(14-4-6-15(17)7-5-14)19-9-2-3-13(11-19)8-10-20/h4-7,12-13,16,20H,2-3,8-11,18H2,1H3. The maximum absolute atomic E-state index is 9.14. The summed E-state index contributed by atoms with van der Waals surface area (Å²) in [5, 5.41) is 9.90. The van der Waals surface area contributed by atoms with E-state index in [0.717, 1.165) is 24.5 Å². The molecule has 20 heavy (non-hydrogen) atoms. The van der Waals surface area contributed by atoms with Crippen LogP contribution in [0.5, 0.6) is 0 Å². The van der Waals surface area contributed by atoms with E-state index in [1.165, 1.54) is 18.4 Å². The second kappa shape index (κ2) is 7.41. The second-order valence-corrected chi connectivity index (χ2v) is 6.31. The van der Waals surface area contributed by atoms with Gasteiger partial charge in [-0.15, -0.1) is 0 Å². The van der Waals surface area contributed by atoms with E-state index in [0.29, 0.717) is 5.92 Å². The Kier molecular flexibility index (Phi) is 5.85. The molecule has 1 fully saturated rings. The van der Waals surface area contributed by atoms with E-state index in [-0.39, 0.29) is 18.7 Å². The third-order valence-electron chi connectivity index (χ3n) is 4.19. The lowest BCUT2D eigenvalue weighted by Gasteiger charge is -2.40. The summed E-state index contributed by atoms with van der Waals surface area (Å²) in [7, 11) is 0. The van der Waals surface area contributed by atoms with Crippen molar-refractivity contribution in [2.75, 3.05) is 19.7 Å². The number of rotatable bonds is 5. The van der Waals surface area contributed by atoms with E-state index in [9.17, 15) is 0 Å². The lowest BCUT2D eigenvalue weighted by Crippen LogP contribution is -2.44. The molecule has 0 aliphatic carbocycles. The fourth-order valence-electron chi connectivity index (χ4n) is 3.27. The number of hydrogen-bond donors (Lipinski definition) is 2. The Labute approximate surface area is 126 Å². The molecule has 2 rings (SSSR count). The summed E-state index contributed by atoms with van der Waals surface area (Å²) in [5.41, 5.74) is 7.46. The van der Waals surface area contributed by atoms with Gasteiger partial charge in [0.05, 0.1) is 0 Å². The third-order valence-corrected chi connectivity index (χ3v) is 4.44.